The summed E-state index contributed by atoms with van der Waals surface area (Å²) in [5.41, 5.74) is 1.09. The summed E-state index contributed by atoms with van der Waals surface area (Å²) in [5, 5.41) is 3.26. The molecule has 1 aromatic heterocycles. The van der Waals surface area contributed by atoms with Crippen molar-refractivity contribution < 1.29 is 26.3 Å². The number of halogens is 5. The van der Waals surface area contributed by atoms with E-state index < -0.39 is 27.6 Å². The highest BCUT2D eigenvalue weighted by atomic mass is 35.5. The largest absolute Gasteiger partial charge is 0.471 e. The predicted octanol–water partition coefficient (Wildman–Crippen LogP) is 5.48. The minimum Gasteiger partial charge on any atom is -0.329 e. The van der Waals surface area contributed by atoms with Gasteiger partial charge in [0.15, 0.2) is 0 Å². The molecule has 0 radical (unpaired) electrons. The molecule has 0 bridgehead atoms. The first-order valence-corrected chi connectivity index (χ1v) is 10.2. The van der Waals surface area contributed by atoms with Crippen LogP contribution in [0.1, 0.15) is 11.5 Å². The molecule has 28 heavy (non-hydrogen) atoms. The Morgan fingerprint density at radius 3 is 2.43 bits per heavy atom. The molecule has 148 valence electrons. The van der Waals surface area contributed by atoms with E-state index in [9.17, 15) is 21.8 Å². The number of rotatable bonds is 4. The molecule has 0 saturated carbocycles. The van der Waals surface area contributed by atoms with Crippen LogP contribution < -0.4 is 0 Å². The van der Waals surface area contributed by atoms with Crippen LogP contribution >= 0.6 is 11.6 Å². The smallest absolute Gasteiger partial charge is 0.329 e. The fourth-order valence-electron chi connectivity index (χ4n) is 2.32. The maximum atomic E-state index is 13.5. The van der Waals surface area contributed by atoms with Crippen LogP contribution in [-0.2, 0) is 21.7 Å². The van der Waals surface area contributed by atoms with E-state index in [0.29, 0.717) is 11.3 Å². The first-order chi connectivity index (χ1) is 13.0. The fraction of sp³-hybridized carbons (Fsp3) is 0.176. The fourth-order valence-corrected chi connectivity index (χ4v) is 3.87. The van der Waals surface area contributed by atoms with Crippen LogP contribution in [0, 0.1) is 5.82 Å². The van der Waals surface area contributed by atoms with Crippen LogP contribution in [0.5, 0.6) is 0 Å². The summed E-state index contributed by atoms with van der Waals surface area (Å²) in [6.07, 6.45) is -3.31. The van der Waals surface area contributed by atoms with Crippen molar-refractivity contribution in [3.8, 4) is 11.4 Å². The molecule has 0 amide bonds. The highest BCUT2D eigenvalue weighted by Crippen LogP contribution is 2.30. The topological polar surface area (TPSA) is 68.3 Å². The lowest BCUT2D eigenvalue weighted by Gasteiger charge is -2.06. The van der Waals surface area contributed by atoms with Gasteiger partial charge in [0.25, 0.3) is 0 Å². The summed E-state index contributed by atoms with van der Waals surface area (Å²) < 4.78 is 72.1. The van der Waals surface area contributed by atoms with Crippen molar-refractivity contribution in [2.24, 2.45) is 4.36 Å². The van der Waals surface area contributed by atoms with Gasteiger partial charge in [-0.05, 0) is 42.0 Å². The molecule has 0 aliphatic heterocycles. The Labute approximate surface area is 162 Å². The van der Waals surface area contributed by atoms with Crippen LogP contribution in [0.25, 0.3) is 11.4 Å². The van der Waals surface area contributed by atoms with Crippen molar-refractivity contribution in [1.29, 1.82) is 0 Å². The molecule has 0 fully saturated rings. The molecule has 0 spiro atoms. The summed E-state index contributed by atoms with van der Waals surface area (Å²) in [5.74, 6) is -2.28. The Balaban J connectivity index is 1.81. The molecule has 1 heterocycles. The second-order valence-corrected chi connectivity index (χ2v) is 8.71. The van der Waals surface area contributed by atoms with E-state index in [0.717, 1.165) is 0 Å². The average Bonchev–Trinajstić information content (AvgIpc) is 3.08. The second kappa shape index (κ2) is 7.51. The molecular formula is C17H12ClF4N3O2S. The number of benzene rings is 2. The molecule has 11 heteroatoms. The highest BCUT2D eigenvalue weighted by molar-refractivity contribution is 7.92. The van der Waals surface area contributed by atoms with Crippen LogP contribution in [0.2, 0.25) is 5.02 Å². The zero-order chi connectivity index (χ0) is 20.5. The summed E-state index contributed by atoms with van der Waals surface area (Å²) in [4.78, 5) is 3.29. The Hall–Kier alpha value is -2.46. The van der Waals surface area contributed by atoms with Crippen molar-refractivity contribution in [1.82, 2.24) is 10.1 Å². The van der Waals surface area contributed by atoms with Gasteiger partial charge in [0.2, 0.25) is 5.82 Å². The highest BCUT2D eigenvalue weighted by Gasteiger charge is 2.38. The van der Waals surface area contributed by atoms with Gasteiger partial charge in [-0.3, -0.25) is 0 Å². The maximum Gasteiger partial charge on any atom is 0.471 e. The zero-order valence-corrected chi connectivity index (χ0v) is 15.8. The summed E-state index contributed by atoms with van der Waals surface area (Å²) in [6, 6.07) is 9.91. The van der Waals surface area contributed by atoms with E-state index in [1.54, 1.807) is 6.07 Å². The molecule has 3 rings (SSSR count). The number of nitrogens with zero attached hydrogens (tertiary/aromatic N) is 3. The van der Waals surface area contributed by atoms with Crippen molar-refractivity contribution in [3.05, 3.63) is 64.8 Å². The molecule has 1 atom stereocenters. The lowest BCUT2D eigenvalue weighted by Crippen LogP contribution is -2.04. The Morgan fingerprint density at radius 1 is 1.18 bits per heavy atom. The van der Waals surface area contributed by atoms with Gasteiger partial charge in [-0.1, -0.05) is 22.8 Å². The van der Waals surface area contributed by atoms with Crippen molar-refractivity contribution in [2.45, 2.75) is 11.9 Å². The second-order valence-electron chi connectivity index (χ2n) is 5.91. The number of aromatic nitrogens is 2. The summed E-state index contributed by atoms with van der Waals surface area (Å²) in [7, 11) is -2.74. The van der Waals surface area contributed by atoms with Crippen molar-refractivity contribution in [2.75, 3.05) is 6.26 Å². The minimum atomic E-state index is -4.73. The zero-order valence-electron chi connectivity index (χ0n) is 14.2. The minimum absolute atomic E-state index is 0.00260. The monoisotopic (exact) mass is 433 g/mol. The van der Waals surface area contributed by atoms with Gasteiger partial charge in [-0.2, -0.15) is 22.5 Å². The van der Waals surface area contributed by atoms with Gasteiger partial charge < -0.3 is 4.52 Å². The van der Waals surface area contributed by atoms with Gasteiger partial charge in [-0.25, -0.2) is 8.60 Å². The van der Waals surface area contributed by atoms with Crippen LogP contribution in [0.4, 0.5) is 23.2 Å². The van der Waals surface area contributed by atoms with Crippen molar-refractivity contribution >= 4 is 27.0 Å². The SMILES string of the molecule is CS(=O)(Cc1ccc(Cl)c(F)c1)=Nc1ccc(-c2noc(C(F)(F)F)n2)cc1. The lowest BCUT2D eigenvalue weighted by molar-refractivity contribution is -0.159. The van der Waals surface area contributed by atoms with Crippen molar-refractivity contribution in [3.63, 3.8) is 0 Å². The van der Waals surface area contributed by atoms with Gasteiger partial charge in [-0.15, -0.1) is 0 Å². The molecule has 5 nitrogen and oxygen atoms in total. The normalized spacial score (nSPS) is 13.9. The van der Waals surface area contributed by atoms with E-state index in [1.807, 2.05) is 0 Å². The van der Waals surface area contributed by atoms with E-state index >= 15 is 0 Å². The van der Waals surface area contributed by atoms with Gasteiger partial charge in [0.1, 0.15) is 5.82 Å². The number of hydrogen-bond donors (Lipinski definition) is 0. The first kappa shape index (κ1) is 20.3. The molecule has 0 aliphatic rings. The van der Waals surface area contributed by atoms with E-state index in [2.05, 4.69) is 19.0 Å². The van der Waals surface area contributed by atoms with E-state index in [4.69, 9.17) is 11.6 Å². The molecular weight excluding hydrogens is 422 g/mol. The van der Waals surface area contributed by atoms with Gasteiger partial charge in [0.05, 0.1) is 26.2 Å². The Kier molecular flexibility index (Phi) is 5.44. The molecule has 2 aromatic carbocycles. The third-order valence-electron chi connectivity index (χ3n) is 3.51. The number of hydrogen-bond acceptors (Lipinski definition) is 5. The third-order valence-corrected chi connectivity index (χ3v) is 5.28. The Morgan fingerprint density at radius 2 is 1.86 bits per heavy atom. The third kappa shape index (κ3) is 4.87. The Bertz CT molecular complexity index is 1120. The summed E-state index contributed by atoms with van der Waals surface area (Å²) in [6.45, 7) is 0. The predicted molar refractivity (Wildman–Crippen MR) is 96.0 cm³/mol. The molecule has 1 unspecified atom stereocenters. The van der Waals surface area contributed by atoms with E-state index in [1.165, 1.54) is 42.7 Å². The first-order valence-electron chi connectivity index (χ1n) is 7.69. The number of alkyl halides is 3. The quantitative estimate of drug-likeness (QED) is 0.511. The van der Waals surface area contributed by atoms with Gasteiger partial charge >= 0.3 is 12.1 Å². The summed E-state index contributed by atoms with van der Waals surface area (Å²) >= 11 is 5.62. The standard InChI is InChI=1S/C17H12ClF4N3O2S/c1-28(26,9-10-2-7-13(18)14(19)8-10)25-12-5-3-11(4-6-12)15-23-16(27-24-15)17(20,21)22/h2-8H,9H2,1H3. The molecule has 0 aliphatic carbocycles. The van der Waals surface area contributed by atoms with Gasteiger partial charge in [0, 0.05) is 11.8 Å². The van der Waals surface area contributed by atoms with Crippen LogP contribution in [0.3, 0.4) is 0 Å². The van der Waals surface area contributed by atoms with Crippen LogP contribution in [0.15, 0.2) is 51.4 Å². The van der Waals surface area contributed by atoms with E-state index in [-0.39, 0.29) is 22.2 Å². The van der Waals surface area contributed by atoms with Crippen LogP contribution in [-0.4, -0.2) is 20.6 Å². The molecule has 3 aromatic rings. The lowest BCUT2D eigenvalue weighted by atomic mass is 10.2. The molecule has 0 N–H and O–H groups in total. The average molecular weight is 434 g/mol. The maximum absolute atomic E-state index is 13.5. The molecule has 0 saturated heterocycles.